The maximum absolute atomic E-state index is 8.26. The lowest BCUT2D eigenvalue weighted by Gasteiger charge is -1.82. The molecule has 0 rings (SSSR count). The van der Waals surface area contributed by atoms with Crippen molar-refractivity contribution in [1.82, 2.24) is 0 Å². The van der Waals surface area contributed by atoms with E-state index in [9.17, 15) is 0 Å². The van der Waals surface area contributed by atoms with Gasteiger partial charge in [0.15, 0.2) is 0 Å². The van der Waals surface area contributed by atoms with Crippen LogP contribution in [-0.2, 0) is 0 Å². The van der Waals surface area contributed by atoms with E-state index in [0.717, 1.165) is 3.58 Å². The van der Waals surface area contributed by atoms with Gasteiger partial charge in [-0.25, -0.2) is 0 Å². The van der Waals surface area contributed by atoms with Gasteiger partial charge in [-0.2, -0.15) is 0 Å². The van der Waals surface area contributed by atoms with Gasteiger partial charge in [-0.05, 0) is 29.5 Å². The maximum Gasteiger partial charge on any atom is 0.0735 e. The number of allylic oxidation sites excluding steroid dienone is 1. The molecule has 1 N–H and O–H groups in total. The Bertz CT molecular complexity index is 58.6. The molecular weight excluding hydrogens is 191 g/mol. The van der Waals surface area contributed by atoms with Crippen LogP contribution < -0.4 is 0 Å². The summed E-state index contributed by atoms with van der Waals surface area (Å²) in [4.78, 5) is 0. The molecule has 1 nitrogen and oxygen atoms in total. The van der Waals surface area contributed by atoms with Crippen molar-refractivity contribution in [2.24, 2.45) is 0 Å². The second kappa shape index (κ2) is 3.61. The quantitative estimate of drug-likeness (QED) is 0.630. The van der Waals surface area contributed by atoms with Crippen LogP contribution in [0.2, 0.25) is 0 Å². The molecule has 36 valence electrons. The molecule has 0 unspecified atom stereocenters. The summed E-state index contributed by atoms with van der Waals surface area (Å²) >= 11 is 2.08. The predicted octanol–water partition coefficient (Wildman–Crippen LogP) is 1.32. The van der Waals surface area contributed by atoms with Gasteiger partial charge in [-0.15, -0.1) is 0 Å². The molecule has 0 aliphatic rings. The Hall–Kier alpha value is 0.430. The molecule has 0 aliphatic carbocycles. The van der Waals surface area contributed by atoms with Gasteiger partial charge in [0.25, 0.3) is 0 Å². The SMILES string of the molecule is CC=C(I)CO. The average Bonchev–Trinajstić information content (AvgIpc) is 1.65. The summed E-state index contributed by atoms with van der Waals surface area (Å²) in [6, 6.07) is 0. The van der Waals surface area contributed by atoms with Crippen LogP contribution in [0.3, 0.4) is 0 Å². The molecule has 0 amide bonds. The number of hydrogen-bond acceptors (Lipinski definition) is 1. The van der Waals surface area contributed by atoms with Crippen LogP contribution in [0.15, 0.2) is 9.66 Å². The van der Waals surface area contributed by atoms with Crippen LogP contribution in [0.4, 0.5) is 0 Å². The Morgan fingerprint density at radius 3 is 2.50 bits per heavy atom. The summed E-state index contributed by atoms with van der Waals surface area (Å²) < 4.78 is 0.993. The minimum Gasteiger partial charge on any atom is -0.391 e. The molecule has 0 aliphatic heterocycles. The summed E-state index contributed by atoms with van der Waals surface area (Å²) in [5, 5.41) is 8.26. The second-order valence-electron chi connectivity index (χ2n) is 0.894. The van der Waals surface area contributed by atoms with E-state index in [4.69, 9.17) is 5.11 Å². The van der Waals surface area contributed by atoms with Gasteiger partial charge in [-0.3, -0.25) is 0 Å². The normalized spacial score (nSPS) is 12.2. The van der Waals surface area contributed by atoms with E-state index in [0.29, 0.717) is 0 Å². The standard InChI is InChI=1S/C4H7IO/c1-2-4(5)3-6/h2,6H,3H2,1H3. The number of hydrogen-bond donors (Lipinski definition) is 1. The summed E-state index contributed by atoms with van der Waals surface area (Å²) in [5.41, 5.74) is 0. The molecule has 0 spiro atoms. The van der Waals surface area contributed by atoms with Gasteiger partial charge in [0, 0.05) is 3.58 Å². The molecule has 0 heterocycles. The van der Waals surface area contributed by atoms with Gasteiger partial charge < -0.3 is 5.11 Å². The minimum absolute atomic E-state index is 0.178. The Labute approximate surface area is 51.2 Å². The van der Waals surface area contributed by atoms with Crippen LogP contribution in [0.1, 0.15) is 6.92 Å². The predicted molar refractivity (Wildman–Crippen MR) is 34.9 cm³/mol. The maximum atomic E-state index is 8.26. The highest BCUT2D eigenvalue weighted by atomic mass is 127. The highest BCUT2D eigenvalue weighted by molar-refractivity contribution is 14.1. The third-order valence-electron chi connectivity index (χ3n) is 0.464. The molecular formula is C4H7IO. The number of halogens is 1. The van der Waals surface area contributed by atoms with E-state index in [1.54, 1.807) is 0 Å². The van der Waals surface area contributed by atoms with Crippen LogP contribution in [0.5, 0.6) is 0 Å². The van der Waals surface area contributed by atoms with Gasteiger partial charge in [0.2, 0.25) is 0 Å². The van der Waals surface area contributed by atoms with Crippen molar-refractivity contribution < 1.29 is 5.11 Å². The van der Waals surface area contributed by atoms with E-state index in [1.807, 2.05) is 13.0 Å². The van der Waals surface area contributed by atoms with E-state index in [-0.39, 0.29) is 6.61 Å². The molecule has 0 fully saturated rings. The summed E-state index contributed by atoms with van der Waals surface area (Å²) in [5.74, 6) is 0. The fourth-order valence-electron chi connectivity index (χ4n) is 0.0913. The summed E-state index contributed by atoms with van der Waals surface area (Å²) in [6.07, 6.45) is 1.88. The van der Waals surface area contributed by atoms with E-state index < -0.39 is 0 Å². The number of aliphatic hydroxyl groups excluding tert-OH is 1. The highest BCUT2D eigenvalue weighted by Crippen LogP contribution is 2.00. The van der Waals surface area contributed by atoms with Crippen molar-refractivity contribution in [1.29, 1.82) is 0 Å². The first-order valence-corrected chi connectivity index (χ1v) is 2.80. The zero-order valence-electron chi connectivity index (χ0n) is 3.61. The lowest BCUT2D eigenvalue weighted by atomic mass is 10.6. The largest absolute Gasteiger partial charge is 0.391 e. The first-order chi connectivity index (χ1) is 2.81. The van der Waals surface area contributed by atoms with Gasteiger partial charge >= 0.3 is 0 Å². The summed E-state index contributed by atoms with van der Waals surface area (Å²) in [6.45, 7) is 2.08. The molecule has 0 aromatic carbocycles. The molecule has 0 radical (unpaired) electrons. The lowest BCUT2D eigenvalue weighted by molar-refractivity contribution is 0.341. The highest BCUT2D eigenvalue weighted by Gasteiger charge is 1.77. The van der Waals surface area contributed by atoms with Crippen LogP contribution in [-0.4, -0.2) is 11.7 Å². The van der Waals surface area contributed by atoms with Gasteiger partial charge in [0.05, 0.1) is 6.61 Å². The number of aliphatic hydroxyl groups is 1. The fourth-order valence-corrected chi connectivity index (χ4v) is 0.0913. The zero-order valence-corrected chi connectivity index (χ0v) is 5.77. The van der Waals surface area contributed by atoms with E-state index in [1.165, 1.54) is 0 Å². The Kier molecular flexibility index (Phi) is 3.87. The third kappa shape index (κ3) is 2.66. The van der Waals surface area contributed by atoms with Crippen LogP contribution in [0.25, 0.3) is 0 Å². The Morgan fingerprint density at radius 2 is 2.50 bits per heavy atom. The van der Waals surface area contributed by atoms with E-state index >= 15 is 0 Å². The van der Waals surface area contributed by atoms with Crippen molar-refractivity contribution >= 4 is 22.6 Å². The number of rotatable bonds is 1. The fraction of sp³-hybridized carbons (Fsp3) is 0.500. The lowest BCUT2D eigenvalue weighted by Crippen LogP contribution is -1.75. The Balaban J connectivity index is 3.22. The van der Waals surface area contributed by atoms with Crippen molar-refractivity contribution in [3.63, 3.8) is 0 Å². The van der Waals surface area contributed by atoms with Crippen molar-refractivity contribution in [2.75, 3.05) is 6.61 Å². The minimum atomic E-state index is 0.178. The van der Waals surface area contributed by atoms with Gasteiger partial charge in [0.1, 0.15) is 0 Å². The molecule has 0 atom stereocenters. The monoisotopic (exact) mass is 198 g/mol. The Morgan fingerprint density at radius 1 is 2.00 bits per heavy atom. The first kappa shape index (κ1) is 6.43. The molecule has 2 heteroatoms. The third-order valence-corrected chi connectivity index (χ3v) is 1.43. The van der Waals surface area contributed by atoms with Crippen LogP contribution >= 0.6 is 22.6 Å². The van der Waals surface area contributed by atoms with Gasteiger partial charge in [-0.1, -0.05) is 6.08 Å². The van der Waals surface area contributed by atoms with Crippen molar-refractivity contribution in [2.45, 2.75) is 6.92 Å². The van der Waals surface area contributed by atoms with Crippen molar-refractivity contribution in [3.05, 3.63) is 9.66 Å². The molecule has 0 aromatic heterocycles. The first-order valence-electron chi connectivity index (χ1n) is 1.72. The molecule has 0 saturated carbocycles. The van der Waals surface area contributed by atoms with Crippen LogP contribution in [0, 0.1) is 0 Å². The topological polar surface area (TPSA) is 20.2 Å². The molecule has 0 saturated heterocycles. The van der Waals surface area contributed by atoms with E-state index in [2.05, 4.69) is 22.6 Å². The zero-order chi connectivity index (χ0) is 4.99. The summed E-state index contributed by atoms with van der Waals surface area (Å²) in [7, 11) is 0. The molecule has 6 heavy (non-hydrogen) atoms. The smallest absolute Gasteiger partial charge is 0.0735 e. The average molecular weight is 198 g/mol. The second-order valence-corrected chi connectivity index (χ2v) is 2.28. The van der Waals surface area contributed by atoms with Crippen molar-refractivity contribution in [3.8, 4) is 0 Å². The molecule has 0 aromatic rings. The molecule has 0 bridgehead atoms.